The second kappa shape index (κ2) is 6.36. The number of rotatable bonds is 5. The summed E-state index contributed by atoms with van der Waals surface area (Å²) in [5, 5.41) is 0. The van der Waals surface area contributed by atoms with Crippen LogP contribution >= 0.6 is 0 Å². The maximum Gasteiger partial charge on any atom is 0.324 e. The van der Waals surface area contributed by atoms with Gasteiger partial charge in [-0.15, -0.1) is 0 Å². The van der Waals surface area contributed by atoms with Crippen LogP contribution < -0.4 is 5.73 Å². The van der Waals surface area contributed by atoms with Gasteiger partial charge in [0.1, 0.15) is 6.04 Å². The number of hydrogen-bond donors (Lipinski definition) is 1. The second-order valence-electron chi connectivity index (χ2n) is 4.99. The third-order valence-electron chi connectivity index (χ3n) is 4.00. The lowest BCUT2D eigenvalue weighted by molar-refractivity contribution is -0.149. The summed E-state index contributed by atoms with van der Waals surface area (Å²) in [6, 6.07) is -0.550. The van der Waals surface area contributed by atoms with E-state index in [1.165, 1.54) is 19.3 Å². The Morgan fingerprint density at radius 3 is 2.41 bits per heavy atom. The monoisotopic (exact) mass is 242 g/mol. The molecule has 0 bridgehead atoms. The second-order valence-corrected chi connectivity index (χ2v) is 4.99. The van der Waals surface area contributed by atoms with Gasteiger partial charge in [-0.25, -0.2) is 0 Å². The molecule has 0 radical (unpaired) electrons. The van der Waals surface area contributed by atoms with Gasteiger partial charge >= 0.3 is 5.97 Å². The average molecular weight is 242 g/mol. The first-order chi connectivity index (χ1) is 8.06. The van der Waals surface area contributed by atoms with Gasteiger partial charge in [-0.3, -0.25) is 9.69 Å². The van der Waals surface area contributed by atoms with Gasteiger partial charge in [0.25, 0.3) is 0 Å². The topological polar surface area (TPSA) is 55.6 Å². The molecule has 1 aliphatic heterocycles. The van der Waals surface area contributed by atoms with E-state index >= 15 is 0 Å². The molecule has 1 aliphatic rings. The van der Waals surface area contributed by atoms with E-state index in [1.54, 1.807) is 0 Å². The summed E-state index contributed by atoms with van der Waals surface area (Å²) < 4.78 is 5.05. The van der Waals surface area contributed by atoms with Crippen molar-refractivity contribution in [3.8, 4) is 0 Å². The molecule has 4 heteroatoms. The maximum atomic E-state index is 11.8. The van der Waals surface area contributed by atoms with Gasteiger partial charge in [0.2, 0.25) is 0 Å². The van der Waals surface area contributed by atoms with Crippen molar-refractivity contribution in [2.75, 3.05) is 19.7 Å². The molecule has 100 valence electrons. The molecule has 0 aliphatic carbocycles. The first-order valence-corrected chi connectivity index (χ1v) is 6.73. The van der Waals surface area contributed by atoms with Crippen LogP contribution in [0.2, 0.25) is 0 Å². The summed E-state index contributed by atoms with van der Waals surface area (Å²) >= 11 is 0. The van der Waals surface area contributed by atoms with E-state index in [2.05, 4.69) is 18.7 Å². The number of nitrogens with zero attached hydrogens (tertiary/aromatic N) is 1. The Kier molecular flexibility index (Phi) is 5.40. The molecule has 0 saturated carbocycles. The highest BCUT2D eigenvalue weighted by molar-refractivity contribution is 5.77. The molecule has 0 aromatic carbocycles. The molecule has 0 spiro atoms. The van der Waals surface area contributed by atoms with Crippen molar-refractivity contribution in [3.63, 3.8) is 0 Å². The third kappa shape index (κ3) is 3.19. The molecule has 2 N–H and O–H groups in total. The van der Waals surface area contributed by atoms with Gasteiger partial charge in [0.05, 0.1) is 6.61 Å². The van der Waals surface area contributed by atoms with E-state index in [4.69, 9.17) is 10.5 Å². The molecule has 0 aromatic rings. The van der Waals surface area contributed by atoms with Crippen molar-refractivity contribution in [1.29, 1.82) is 0 Å². The minimum absolute atomic E-state index is 0.271. The zero-order chi connectivity index (χ0) is 12.9. The molecule has 1 saturated heterocycles. The fourth-order valence-corrected chi connectivity index (χ4v) is 2.53. The first-order valence-electron chi connectivity index (χ1n) is 6.73. The van der Waals surface area contributed by atoms with Crippen LogP contribution in [0, 0.1) is 0 Å². The number of carbonyl (C=O) groups is 1. The molecule has 4 nitrogen and oxygen atoms in total. The molecular formula is C13H26N2O2. The van der Waals surface area contributed by atoms with Crippen LogP contribution in [-0.2, 0) is 9.53 Å². The molecule has 2 atom stereocenters. The number of nitrogens with two attached hydrogens (primary N) is 1. The number of piperidine rings is 1. The van der Waals surface area contributed by atoms with E-state index < -0.39 is 6.04 Å². The quantitative estimate of drug-likeness (QED) is 0.743. The van der Waals surface area contributed by atoms with Crippen LogP contribution in [-0.4, -0.2) is 42.1 Å². The van der Waals surface area contributed by atoms with Crippen molar-refractivity contribution in [3.05, 3.63) is 0 Å². The molecule has 1 heterocycles. The van der Waals surface area contributed by atoms with Crippen LogP contribution in [0.25, 0.3) is 0 Å². The Hall–Kier alpha value is -0.610. The fourth-order valence-electron chi connectivity index (χ4n) is 2.53. The summed E-state index contributed by atoms with van der Waals surface area (Å²) in [7, 11) is 0. The number of carbonyl (C=O) groups excluding carboxylic acids is 1. The molecule has 2 unspecified atom stereocenters. The van der Waals surface area contributed by atoms with Crippen LogP contribution in [0.5, 0.6) is 0 Å². The summed E-state index contributed by atoms with van der Waals surface area (Å²) in [6.07, 6.45) is 4.55. The lowest BCUT2D eigenvalue weighted by Gasteiger charge is -2.45. The molecule has 1 rings (SSSR count). The van der Waals surface area contributed by atoms with E-state index in [0.29, 0.717) is 6.61 Å². The standard InChI is InChI=1S/C13H26N2O2/c1-4-13(3,11(14)12(16)17-5-2)15-9-7-6-8-10-15/h11H,4-10,14H2,1-3H3. The first kappa shape index (κ1) is 14.5. The minimum Gasteiger partial charge on any atom is -0.465 e. The highest BCUT2D eigenvalue weighted by Gasteiger charge is 2.41. The van der Waals surface area contributed by atoms with E-state index in [0.717, 1.165) is 19.5 Å². The van der Waals surface area contributed by atoms with Crippen molar-refractivity contribution in [1.82, 2.24) is 4.90 Å². The van der Waals surface area contributed by atoms with E-state index in [9.17, 15) is 4.79 Å². The highest BCUT2D eigenvalue weighted by atomic mass is 16.5. The Morgan fingerprint density at radius 1 is 1.35 bits per heavy atom. The number of ether oxygens (including phenoxy) is 1. The summed E-state index contributed by atoms with van der Waals surface area (Å²) in [5.41, 5.74) is 5.84. The summed E-state index contributed by atoms with van der Waals surface area (Å²) in [4.78, 5) is 14.2. The van der Waals surface area contributed by atoms with Crippen LogP contribution in [0.15, 0.2) is 0 Å². The zero-order valence-corrected chi connectivity index (χ0v) is 11.4. The van der Waals surface area contributed by atoms with Crippen molar-refractivity contribution in [2.24, 2.45) is 5.73 Å². The molecule has 0 aromatic heterocycles. The highest BCUT2D eigenvalue weighted by Crippen LogP contribution is 2.27. The molecule has 1 fully saturated rings. The molecule has 0 amide bonds. The maximum absolute atomic E-state index is 11.8. The fraction of sp³-hybridized carbons (Fsp3) is 0.923. The van der Waals surface area contributed by atoms with Gasteiger partial charge in [-0.1, -0.05) is 13.3 Å². The Balaban J connectivity index is 2.74. The van der Waals surface area contributed by atoms with Gasteiger partial charge in [0.15, 0.2) is 0 Å². The van der Waals surface area contributed by atoms with Gasteiger partial charge in [0, 0.05) is 5.54 Å². The minimum atomic E-state index is -0.550. The Labute approximate surface area is 104 Å². The van der Waals surface area contributed by atoms with Crippen molar-refractivity contribution >= 4 is 5.97 Å². The van der Waals surface area contributed by atoms with Gasteiger partial charge in [-0.05, 0) is 46.2 Å². The average Bonchev–Trinajstić information content (AvgIpc) is 2.38. The number of likely N-dealkylation sites (tertiary alicyclic amines) is 1. The summed E-state index contributed by atoms with van der Waals surface area (Å²) in [5.74, 6) is -0.276. The molecular weight excluding hydrogens is 216 g/mol. The SMILES string of the molecule is CCOC(=O)C(N)C(C)(CC)N1CCCCC1. The lowest BCUT2D eigenvalue weighted by atomic mass is 9.86. The largest absolute Gasteiger partial charge is 0.465 e. The summed E-state index contributed by atoms with van der Waals surface area (Å²) in [6.45, 7) is 8.46. The van der Waals surface area contributed by atoms with Gasteiger partial charge < -0.3 is 10.5 Å². The third-order valence-corrected chi connectivity index (χ3v) is 4.00. The van der Waals surface area contributed by atoms with Crippen molar-refractivity contribution in [2.45, 2.75) is 58.0 Å². The predicted octanol–water partition coefficient (Wildman–Crippen LogP) is 1.53. The Morgan fingerprint density at radius 2 is 1.94 bits per heavy atom. The van der Waals surface area contributed by atoms with Crippen LogP contribution in [0.4, 0.5) is 0 Å². The normalized spacial score (nSPS) is 22.8. The van der Waals surface area contributed by atoms with E-state index in [1.807, 2.05) is 6.92 Å². The predicted molar refractivity (Wildman–Crippen MR) is 68.7 cm³/mol. The number of esters is 1. The Bertz CT molecular complexity index is 252. The van der Waals surface area contributed by atoms with Gasteiger partial charge in [-0.2, -0.15) is 0 Å². The van der Waals surface area contributed by atoms with Crippen LogP contribution in [0.3, 0.4) is 0 Å². The zero-order valence-electron chi connectivity index (χ0n) is 11.4. The van der Waals surface area contributed by atoms with Crippen molar-refractivity contribution < 1.29 is 9.53 Å². The van der Waals surface area contributed by atoms with E-state index in [-0.39, 0.29) is 11.5 Å². The van der Waals surface area contributed by atoms with Crippen LogP contribution in [0.1, 0.15) is 46.5 Å². The lowest BCUT2D eigenvalue weighted by Crippen LogP contribution is -2.62. The number of hydrogen-bond acceptors (Lipinski definition) is 4. The smallest absolute Gasteiger partial charge is 0.324 e. The molecule has 17 heavy (non-hydrogen) atoms.